The Labute approximate surface area is 159 Å². The van der Waals surface area contributed by atoms with Crippen molar-refractivity contribution < 1.29 is 4.79 Å². The standard InChI is InChI=1S/C19H18BrN5O/c20-14-7-8-17(22-10-14)24-19(26)13-4-3-9-25(12-13)18-11-21-15-5-1-2-6-16(15)23-18/h1-2,5-8,10-11,13H,3-4,9,12H2,(H,22,24,26). The second kappa shape index (κ2) is 7.37. The first-order valence-corrected chi connectivity index (χ1v) is 9.37. The molecule has 26 heavy (non-hydrogen) atoms. The molecule has 1 fully saturated rings. The summed E-state index contributed by atoms with van der Waals surface area (Å²) in [6, 6.07) is 11.5. The molecule has 0 saturated carbocycles. The molecule has 1 amide bonds. The fraction of sp³-hybridized carbons (Fsp3) is 0.263. The first-order valence-electron chi connectivity index (χ1n) is 8.58. The topological polar surface area (TPSA) is 71.0 Å². The second-order valence-corrected chi connectivity index (χ2v) is 7.27. The van der Waals surface area contributed by atoms with E-state index < -0.39 is 0 Å². The number of hydrogen-bond acceptors (Lipinski definition) is 5. The van der Waals surface area contributed by atoms with Gasteiger partial charge in [0.15, 0.2) is 0 Å². The average molecular weight is 412 g/mol. The fourth-order valence-corrected chi connectivity index (χ4v) is 3.41. The fourth-order valence-electron chi connectivity index (χ4n) is 3.18. The van der Waals surface area contributed by atoms with Gasteiger partial charge in [-0.1, -0.05) is 12.1 Å². The Kier molecular flexibility index (Phi) is 4.79. The predicted molar refractivity (Wildman–Crippen MR) is 105 cm³/mol. The van der Waals surface area contributed by atoms with Gasteiger partial charge in [0, 0.05) is 23.8 Å². The lowest BCUT2D eigenvalue weighted by Crippen LogP contribution is -2.41. The number of anilines is 2. The number of nitrogens with one attached hydrogen (secondary N) is 1. The lowest BCUT2D eigenvalue weighted by molar-refractivity contribution is -0.120. The maximum atomic E-state index is 12.6. The van der Waals surface area contributed by atoms with Gasteiger partial charge in [-0.05, 0) is 53.0 Å². The first kappa shape index (κ1) is 16.9. The summed E-state index contributed by atoms with van der Waals surface area (Å²) in [7, 11) is 0. The number of aromatic nitrogens is 3. The van der Waals surface area contributed by atoms with E-state index in [0.717, 1.165) is 40.7 Å². The molecule has 0 radical (unpaired) electrons. The highest BCUT2D eigenvalue weighted by atomic mass is 79.9. The van der Waals surface area contributed by atoms with Crippen LogP contribution >= 0.6 is 15.9 Å². The number of carbonyl (C=O) groups excluding carboxylic acids is 1. The minimum absolute atomic E-state index is 0.00160. The lowest BCUT2D eigenvalue weighted by Gasteiger charge is -2.32. The van der Waals surface area contributed by atoms with Crippen molar-refractivity contribution in [3.05, 3.63) is 53.3 Å². The van der Waals surface area contributed by atoms with Crippen LogP contribution in [0.4, 0.5) is 11.6 Å². The van der Waals surface area contributed by atoms with Crippen LogP contribution in [0.25, 0.3) is 11.0 Å². The molecule has 3 heterocycles. The number of para-hydroxylation sites is 2. The molecule has 1 aromatic carbocycles. The Morgan fingerprint density at radius 2 is 1.96 bits per heavy atom. The number of benzene rings is 1. The van der Waals surface area contributed by atoms with Crippen LogP contribution in [0.3, 0.4) is 0 Å². The van der Waals surface area contributed by atoms with Crippen molar-refractivity contribution in [2.24, 2.45) is 5.92 Å². The molecule has 1 aliphatic heterocycles. The zero-order chi connectivity index (χ0) is 17.9. The minimum atomic E-state index is -0.0949. The molecule has 1 unspecified atom stereocenters. The summed E-state index contributed by atoms with van der Waals surface area (Å²) in [4.78, 5) is 28.2. The molecule has 1 saturated heterocycles. The number of pyridine rings is 1. The quantitative estimate of drug-likeness (QED) is 0.711. The Balaban J connectivity index is 1.47. The van der Waals surface area contributed by atoms with E-state index in [1.54, 1.807) is 18.5 Å². The van der Waals surface area contributed by atoms with Gasteiger partial charge >= 0.3 is 0 Å². The minimum Gasteiger partial charge on any atom is -0.355 e. The smallest absolute Gasteiger partial charge is 0.230 e. The molecule has 0 spiro atoms. The van der Waals surface area contributed by atoms with E-state index in [0.29, 0.717) is 12.4 Å². The molecular weight excluding hydrogens is 394 g/mol. The van der Waals surface area contributed by atoms with E-state index in [4.69, 9.17) is 4.98 Å². The Morgan fingerprint density at radius 1 is 1.12 bits per heavy atom. The number of halogens is 1. The number of nitrogens with zero attached hydrogens (tertiary/aromatic N) is 4. The second-order valence-electron chi connectivity index (χ2n) is 6.35. The normalized spacial score (nSPS) is 17.3. The van der Waals surface area contributed by atoms with Crippen LogP contribution in [-0.4, -0.2) is 33.9 Å². The highest BCUT2D eigenvalue weighted by molar-refractivity contribution is 9.10. The maximum Gasteiger partial charge on any atom is 0.230 e. The number of piperidine rings is 1. The van der Waals surface area contributed by atoms with Gasteiger partial charge < -0.3 is 10.2 Å². The summed E-state index contributed by atoms with van der Waals surface area (Å²) >= 11 is 3.34. The van der Waals surface area contributed by atoms with Crippen LogP contribution in [0.1, 0.15) is 12.8 Å². The molecule has 6 nitrogen and oxygen atoms in total. The molecular formula is C19H18BrN5O. The van der Waals surface area contributed by atoms with E-state index >= 15 is 0 Å². The molecule has 2 aromatic heterocycles. The summed E-state index contributed by atoms with van der Waals surface area (Å²) in [5.74, 6) is 1.30. The highest BCUT2D eigenvalue weighted by Gasteiger charge is 2.27. The average Bonchev–Trinajstić information content (AvgIpc) is 2.69. The molecule has 1 N–H and O–H groups in total. The third-order valence-corrected chi connectivity index (χ3v) is 5.00. The number of fused-ring (bicyclic) bond motifs is 1. The summed E-state index contributed by atoms with van der Waals surface area (Å²) in [6.45, 7) is 1.52. The van der Waals surface area contributed by atoms with Gasteiger partial charge in [-0.2, -0.15) is 0 Å². The molecule has 0 aliphatic carbocycles. The molecule has 1 aliphatic rings. The molecule has 0 bridgehead atoms. The number of carbonyl (C=O) groups is 1. The van der Waals surface area contributed by atoms with E-state index in [-0.39, 0.29) is 11.8 Å². The third-order valence-electron chi connectivity index (χ3n) is 4.53. The van der Waals surface area contributed by atoms with Crippen molar-refractivity contribution in [1.29, 1.82) is 0 Å². The SMILES string of the molecule is O=C(Nc1ccc(Br)cn1)C1CCCN(c2cnc3ccccc3n2)C1. The van der Waals surface area contributed by atoms with Crippen molar-refractivity contribution >= 4 is 44.5 Å². The zero-order valence-electron chi connectivity index (χ0n) is 14.1. The van der Waals surface area contributed by atoms with Crippen LogP contribution in [0.2, 0.25) is 0 Å². The van der Waals surface area contributed by atoms with E-state index in [2.05, 4.69) is 36.1 Å². The van der Waals surface area contributed by atoms with E-state index in [1.807, 2.05) is 30.3 Å². The van der Waals surface area contributed by atoms with Gasteiger partial charge in [-0.25, -0.2) is 9.97 Å². The van der Waals surface area contributed by atoms with Gasteiger partial charge in [-0.15, -0.1) is 0 Å². The van der Waals surface area contributed by atoms with E-state index in [9.17, 15) is 4.79 Å². The predicted octanol–water partition coefficient (Wildman–Crippen LogP) is 3.64. The lowest BCUT2D eigenvalue weighted by atomic mass is 9.97. The van der Waals surface area contributed by atoms with Crippen molar-refractivity contribution in [2.45, 2.75) is 12.8 Å². The summed E-state index contributed by atoms with van der Waals surface area (Å²) in [6.07, 6.45) is 5.27. The van der Waals surface area contributed by atoms with Crippen molar-refractivity contribution in [3.8, 4) is 0 Å². The summed E-state index contributed by atoms with van der Waals surface area (Å²) in [5.41, 5.74) is 1.75. The van der Waals surface area contributed by atoms with Crippen molar-refractivity contribution in [3.63, 3.8) is 0 Å². The zero-order valence-corrected chi connectivity index (χ0v) is 15.7. The van der Waals surface area contributed by atoms with Crippen LogP contribution in [0, 0.1) is 5.92 Å². The first-order chi connectivity index (χ1) is 12.7. The maximum absolute atomic E-state index is 12.6. The summed E-state index contributed by atoms with van der Waals surface area (Å²) < 4.78 is 0.884. The molecule has 132 valence electrons. The van der Waals surface area contributed by atoms with Crippen LogP contribution in [0.15, 0.2) is 53.3 Å². The Hall–Kier alpha value is -2.54. The van der Waals surface area contributed by atoms with Gasteiger partial charge in [0.2, 0.25) is 5.91 Å². The Morgan fingerprint density at radius 3 is 2.77 bits per heavy atom. The molecule has 3 aromatic rings. The third kappa shape index (κ3) is 3.67. The summed E-state index contributed by atoms with van der Waals surface area (Å²) in [5, 5.41) is 2.91. The number of rotatable bonds is 3. The Bertz CT molecular complexity index is 931. The molecule has 7 heteroatoms. The largest absolute Gasteiger partial charge is 0.355 e. The van der Waals surface area contributed by atoms with E-state index in [1.165, 1.54) is 0 Å². The number of hydrogen-bond donors (Lipinski definition) is 1. The van der Waals surface area contributed by atoms with Gasteiger partial charge in [0.05, 0.1) is 23.1 Å². The van der Waals surface area contributed by atoms with Gasteiger partial charge in [-0.3, -0.25) is 9.78 Å². The van der Waals surface area contributed by atoms with Gasteiger partial charge in [0.1, 0.15) is 11.6 Å². The number of amides is 1. The van der Waals surface area contributed by atoms with Crippen LogP contribution in [0.5, 0.6) is 0 Å². The molecule has 1 atom stereocenters. The molecule has 4 rings (SSSR count). The van der Waals surface area contributed by atoms with Crippen LogP contribution < -0.4 is 10.2 Å². The van der Waals surface area contributed by atoms with Crippen molar-refractivity contribution in [2.75, 3.05) is 23.3 Å². The highest BCUT2D eigenvalue weighted by Crippen LogP contribution is 2.24. The van der Waals surface area contributed by atoms with Gasteiger partial charge in [0.25, 0.3) is 0 Å². The van der Waals surface area contributed by atoms with Crippen LogP contribution in [-0.2, 0) is 4.79 Å². The monoisotopic (exact) mass is 411 g/mol. The van der Waals surface area contributed by atoms with Crippen molar-refractivity contribution in [1.82, 2.24) is 15.0 Å².